The molecule has 0 aliphatic carbocycles. The highest BCUT2D eigenvalue weighted by Crippen LogP contribution is 2.30. The topological polar surface area (TPSA) is 73.9 Å². The summed E-state index contributed by atoms with van der Waals surface area (Å²) in [6.07, 6.45) is 3.01. The fourth-order valence-corrected chi connectivity index (χ4v) is 4.23. The maximum Gasteiger partial charge on any atom is 0.191 e. The van der Waals surface area contributed by atoms with Gasteiger partial charge in [0.25, 0.3) is 0 Å². The van der Waals surface area contributed by atoms with Gasteiger partial charge >= 0.3 is 0 Å². The first-order chi connectivity index (χ1) is 15.7. The number of hydrogen-bond acceptors (Lipinski definition) is 4. The molecule has 0 saturated carbocycles. The largest absolute Gasteiger partial charge is 0.497 e. The zero-order valence-electron chi connectivity index (χ0n) is 19.1. The van der Waals surface area contributed by atoms with Crippen molar-refractivity contribution in [3.05, 3.63) is 54.2 Å². The minimum atomic E-state index is 0.401. The molecule has 2 aromatic carbocycles. The van der Waals surface area contributed by atoms with Crippen LogP contribution in [0.2, 0.25) is 0 Å². The summed E-state index contributed by atoms with van der Waals surface area (Å²) in [5.74, 6) is 2.50. The van der Waals surface area contributed by atoms with Crippen LogP contribution in [0.25, 0.3) is 10.9 Å². The molecule has 4 rings (SSSR count). The number of anilines is 1. The molecule has 1 aliphatic rings. The molecule has 0 amide bonds. The van der Waals surface area contributed by atoms with E-state index in [9.17, 15) is 0 Å². The Morgan fingerprint density at radius 2 is 1.78 bits per heavy atom. The molecule has 1 saturated heterocycles. The minimum absolute atomic E-state index is 0.401. The average Bonchev–Trinajstić information content (AvgIpc) is 3.26. The van der Waals surface area contributed by atoms with Crippen LogP contribution in [0.5, 0.6) is 11.5 Å². The number of nitrogens with zero attached hydrogens (tertiary/aromatic N) is 2. The van der Waals surface area contributed by atoms with E-state index >= 15 is 0 Å². The standard InChI is InChI=1S/C25H33N5O2/c1-26-25(27-11-8-20-14-18-6-4-5-7-24(18)28-20)29-19-9-12-30(13-10-19)21-15-22(31-2)17-23(16-21)32-3/h4-7,14-17,19,28H,8-13H2,1-3H3,(H2,26,27,29). The molecular formula is C25H33N5O2. The zero-order chi connectivity index (χ0) is 22.3. The second-order valence-electron chi connectivity index (χ2n) is 8.11. The number of ether oxygens (including phenoxy) is 2. The normalized spacial score (nSPS) is 15.1. The lowest BCUT2D eigenvalue weighted by Gasteiger charge is -2.34. The van der Waals surface area contributed by atoms with Crippen molar-refractivity contribution in [2.45, 2.75) is 25.3 Å². The van der Waals surface area contributed by atoms with E-state index in [4.69, 9.17) is 9.47 Å². The summed E-state index contributed by atoms with van der Waals surface area (Å²) in [7, 11) is 5.20. The van der Waals surface area contributed by atoms with Crippen molar-refractivity contribution >= 4 is 22.5 Å². The number of fused-ring (bicyclic) bond motifs is 1. The van der Waals surface area contributed by atoms with Crippen LogP contribution in [-0.2, 0) is 6.42 Å². The van der Waals surface area contributed by atoms with E-state index in [1.165, 1.54) is 16.6 Å². The van der Waals surface area contributed by atoms with E-state index in [0.717, 1.165) is 62.0 Å². The van der Waals surface area contributed by atoms with Gasteiger partial charge in [-0.1, -0.05) is 18.2 Å². The highest BCUT2D eigenvalue weighted by atomic mass is 16.5. The molecule has 1 aromatic heterocycles. The number of aromatic nitrogens is 1. The first-order valence-corrected chi connectivity index (χ1v) is 11.2. The number of nitrogens with one attached hydrogen (secondary N) is 3. The van der Waals surface area contributed by atoms with Crippen LogP contribution in [0.1, 0.15) is 18.5 Å². The molecule has 32 heavy (non-hydrogen) atoms. The Kier molecular flexibility index (Phi) is 7.04. The lowest BCUT2D eigenvalue weighted by atomic mass is 10.0. The van der Waals surface area contributed by atoms with Crippen molar-refractivity contribution < 1.29 is 9.47 Å². The van der Waals surface area contributed by atoms with Crippen LogP contribution in [0.15, 0.2) is 53.5 Å². The third-order valence-electron chi connectivity index (χ3n) is 6.03. The number of aliphatic imine (C=N–C) groups is 1. The number of benzene rings is 2. The Hall–Kier alpha value is -3.35. The average molecular weight is 436 g/mol. The van der Waals surface area contributed by atoms with E-state index < -0.39 is 0 Å². The number of guanidine groups is 1. The molecule has 1 fully saturated rings. The fourth-order valence-electron chi connectivity index (χ4n) is 4.23. The van der Waals surface area contributed by atoms with Gasteiger partial charge in [-0.2, -0.15) is 0 Å². The maximum atomic E-state index is 5.42. The van der Waals surface area contributed by atoms with E-state index in [1.54, 1.807) is 14.2 Å². The Labute approximate surface area is 189 Å². The van der Waals surface area contributed by atoms with Gasteiger partial charge < -0.3 is 30.0 Å². The number of aromatic amines is 1. The lowest BCUT2D eigenvalue weighted by Crippen LogP contribution is -2.49. The molecule has 1 aliphatic heterocycles. The summed E-state index contributed by atoms with van der Waals surface area (Å²) in [6.45, 7) is 2.77. The summed E-state index contributed by atoms with van der Waals surface area (Å²) in [4.78, 5) is 10.3. The van der Waals surface area contributed by atoms with Crippen LogP contribution in [0.4, 0.5) is 5.69 Å². The van der Waals surface area contributed by atoms with E-state index in [2.05, 4.69) is 68.0 Å². The van der Waals surface area contributed by atoms with Crippen LogP contribution in [-0.4, -0.2) is 57.9 Å². The van der Waals surface area contributed by atoms with Crippen LogP contribution >= 0.6 is 0 Å². The third-order valence-corrected chi connectivity index (χ3v) is 6.03. The van der Waals surface area contributed by atoms with Crippen molar-refractivity contribution in [2.24, 2.45) is 4.99 Å². The molecule has 0 atom stereocenters. The van der Waals surface area contributed by atoms with E-state index in [-0.39, 0.29) is 0 Å². The number of rotatable bonds is 7. The van der Waals surface area contributed by atoms with Gasteiger partial charge in [0.2, 0.25) is 0 Å². The first kappa shape index (κ1) is 21.9. The Morgan fingerprint density at radius 1 is 1.06 bits per heavy atom. The predicted molar refractivity (Wildman–Crippen MR) is 131 cm³/mol. The lowest BCUT2D eigenvalue weighted by molar-refractivity contribution is 0.393. The number of piperidine rings is 1. The monoisotopic (exact) mass is 435 g/mol. The molecule has 0 bridgehead atoms. The van der Waals surface area contributed by atoms with Crippen LogP contribution in [0, 0.1) is 0 Å². The first-order valence-electron chi connectivity index (χ1n) is 11.2. The molecule has 3 N–H and O–H groups in total. The van der Waals surface area contributed by atoms with Crippen LogP contribution < -0.4 is 25.0 Å². The van der Waals surface area contributed by atoms with Crippen molar-refractivity contribution in [3.63, 3.8) is 0 Å². The van der Waals surface area contributed by atoms with Gasteiger partial charge in [-0.15, -0.1) is 0 Å². The molecule has 0 unspecified atom stereocenters. The molecule has 2 heterocycles. The molecule has 0 radical (unpaired) electrons. The summed E-state index contributed by atoms with van der Waals surface area (Å²) in [6, 6.07) is 17.0. The molecule has 170 valence electrons. The Balaban J connectivity index is 1.25. The Bertz CT molecular complexity index is 998. The van der Waals surface area contributed by atoms with Gasteiger partial charge in [0.15, 0.2) is 5.96 Å². The smallest absolute Gasteiger partial charge is 0.191 e. The molecule has 7 heteroatoms. The molecule has 0 spiro atoms. The highest BCUT2D eigenvalue weighted by Gasteiger charge is 2.21. The van der Waals surface area contributed by atoms with Crippen molar-refractivity contribution in [1.29, 1.82) is 0 Å². The van der Waals surface area contributed by atoms with Crippen molar-refractivity contribution in [1.82, 2.24) is 15.6 Å². The number of hydrogen-bond donors (Lipinski definition) is 3. The van der Waals surface area contributed by atoms with E-state index in [0.29, 0.717) is 6.04 Å². The maximum absolute atomic E-state index is 5.42. The predicted octanol–water partition coefficient (Wildman–Crippen LogP) is 3.56. The second kappa shape index (κ2) is 10.3. The van der Waals surface area contributed by atoms with Crippen molar-refractivity contribution in [3.8, 4) is 11.5 Å². The molecule has 3 aromatic rings. The fraction of sp³-hybridized carbons (Fsp3) is 0.400. The van der Waals surface area contributed by atoms with Gasteiger partial charge in [0.05, 0.1) is 14.2 Å². The van der Waals surface area contributed by atoms with Gasteiger partial charge in [-0.3, -0.25) is 4.99 Å². The van der Waals surface area contributed by atoms with E-state index in [1.807, 2.05) is 13.1 Å². The molecular weight excluding hydrogens is 402 g/mol. The highest BCUT2D eigenvalue weighted by molar-refractivity contribution is 5.81. The summed E-state index contributed by atoms with van der Waals surface area (Å²) in [5.41, 5.74) is 3.56. The van der Waals surface area contributed by atoms with Gasteiger partial charge in [0.1, 0.15) is 11.5 Å². The zero-order valence-corrected chi connectivity index (χ0v) is 19.1. The molecule has 7 nitrogen and oxygen atoms in total. The van der Waals surface area contributed by atoms with Crippen molar-refractivity contribution in [2.75, 3.05) is 45.8 Å². The van der Waals surface area contributed by atoms with Gasteiger partial charge in [-0.25, -0.2) is 0 Å². The quantitative estimate of drug-likeness (QED) is 0.391. The summed E-state index contributed by atoms with van der Waals surface area (Å²) < 4.78 is 10.8. The summed E-state index contributed by atoms with van der Waals surface area (Å²) in [5, 5.41) is 8.30. The second-order valence-corrected chi connectivity index (χ2v) is 8.11. The number of methoxy groups -OCH3 is 2. The minimum Gasteiger partial charge on any atom is -0.497 e. The third kappa shape index (κ3) is 5.28. The number of para-hydroxylation sites is 1. The van der Waals surface area contributed by atoms with Gasteiger partial charge in [0, 0.05) is 74.2 Å². The Morgan fingerprint density at radius 3 is 2.44 bits per heavy atom. The summed E-state index contributed by atoms with van der Waals surface area (Å²) >= 11 is 0. The van der Waals surface area contributed by atoms with Gasteiger partial charge in [-0.05, 0) is 30.4 Å². The SMILES string of the molecule is CN=C(NCCc1cc2ccccc2[nH]1)NC1CCN(c2cc(OC)cc(OC)c2)CC1. The number of H-pyrrole nitrogens is 1. The van der Waals surface area contributed by atoms with Crippen LogP contribution in [0.3, 0.4) is 0 Å².